The number of hydrogen-bond acceptors (Lipinski definition) is 4. The van der Waals surface area contributed by atoms with Gasteiger partial charge in [0.25, 0.3) is 5.91 Å². The number of amides is 3. The monoisotopic (exact) mass is 401 g/mol. The van der Waals surface area contributed by atoms with Crippen LogP contribution < -0.4 is 5.32 Å². The van der Waals surface area contributed by atoms with Crippen molar-refractivity contribution in [2.75, 3.05) is 37.8 Å². The molecule has 3 rings (SSSR count). The van der Waals surface area contributed by atoms with E-state index in [0.29, 0.717) is 26.2 Å². The van der Waals surface area contributed by atoms with E-state index in [4.69, 9.17) is 0 Å². The van der Waals surface area contributed by atoms with Crippen LogP contribution in [0, 0.1) is 6.92 Å². The van der Waals surface area contributed by atoms with E-state index in [-0.39, 0.29) is 22.4 Å². The van der Waals surface area contributed by atoms with Crippen LogP contribution in [0.1, 0.15) is 15.9 Å². The maximum atomic E-state index is 12.8. The quantitative estimate of drug-likeness (QED) is 0.856. The van der Waals surface area contributed by atoms with Gasteiger partial charge in [0.1, 0.15) is 0 Å². The van der Waals surface area contributed by atoms with Gasteiger partial charge in [0.2, 0.25) is 0 Å². The summed E-state index contributed by atoms with van der Waals surface area (Å²) in [4.78, 5) is 28.5. The van der Waals surface area contributed by atoms with Crippen molar-refractivity contribution in [1.29, 1.82) is 0 Å². The zero-order chi connectivity index (χ0) is 20.3. The van der Waals surface area contributed by atoms with Crippen molar-refractivity contribution in [1.82, 2.24) is 9.80 Å². The zero-order valence-corrected chi connectivity index (χ0v) is 16.7. The minimum Gasteiger partial charge on any atom is -0.335 e. The van der Waals surface area contributed by atoms with E-state index in [1.807, 2.05) is 31.2 Å². The molecule has 0 bridgehead atoms. The maximum Gasteiger partial charge on any atom is 0.321 e. The summed E-state index contributed by atoms with van der Waals surface area (Å²) in [6.07, 6.45) is 1.09. The molecule has 0 aliphatic carbocycles. The van der Waals surface area contributed by atoms with Crippen LogP contribution in [0.4, 0.5) is 10.5 Å². The Hall–Kier alpha value is -2.87. The van der Waals surface area contributed by atoms with Gasteiger partial charge in [-0.2, -0.15) is 0 Å². The molecule has 148 valence electrons. The second-order valence-corrected chi connectivity index (χ2v) is 8.83. The van der Waals surface area contributed by atoms with Crippen LogP contribution in [0.15, 0.2) is 53.4 Å². The second kappa shape index (κ2) is 8.02. The third-order valence-electron chi connectivity index (χ3n) is 4.64. The summed E-state index contributed by atoms with van der Waals surface area (Å²) in [5.41, 5.74) is 1.95. The number of nitrogens with one attached hydrogen (secondary N) is 1. The Labute approximate surface area is 164 Å². The lowest BCUT2D eigenvalue weighted by Gasteiger charge is -2.35. The van der Waals surface area contributed by atoms with Gasteiger partial charge >= 0.3 is 6.03 Å². The molecule has 0 radical (unpaired) electrons. The molecule has 1 N–H and O–H groups in total. The number of hydrogen-bond donors (Lipinski definition) is 1. The number of aryl methyl sites for hydroxylation is 1. The summed E-state index contributed by atoms with van der Waals surface area (Å²) in [5.74, 6) is -0.334. The van der Waals surface area contributed by atoms with Crippen LogP contribution in [-0.2, 0) is 9.84 Å². The molecule has 0 spiro atoms. The predicted octanol–water partition coefficient (Wildman–Crippen LogP) is 2.39. The summed E-state index contributed by atoms with van der Waals surface area (Å²) < 4.78 is 23.9. The van der Waals surface area contributed by atoms with Crippen molar-refractivity contribution in [3.63, 3.8) is 0 Å². The molecule has 3 amide bonds. The average molecular weight is 401 g/mol. The highest BCUT2D eigenvalue weighted by Gasteiger charge is 2.27. The molecule has 7 nitrogen and oxygen atoms in total. The maximum absolute atomic E-state index is 12.8. The molecule has 1 aliphatic heterocycles. The topological polar surface area (TPSA) is 86.8 Å². The SMILES string of the molecule is Cc1cccc(NC(=O)N2CCN(C(=O)c3ccccc3S(C)(=O)=O)CC2)c1. The fourth-order valence-corrected chi connectivity index (χ4v) is 4.06. The molecule has 28 heavy (non-hydrogen) atoms. The van der Waals surface area contributed by atoms with Crippen molar-refractivity contribution in [3.8, 4) is 0 Å². The van der Waals surface area contributed by atoms with Gasteiger partial charge in [-0.3, -0.25) is 4.79 Å². The number of anilines is 1. The van der Waals surface area contributed by atoms with E-state index in [0.717, 1.165) is 17.5 Å². The normalized spacial score (nSPS) is 14.6. The molecular weight excluding hydrogens is 378 g/mol. The van der Waals surface area contributed by atoms with E-state index < -0.39 is 9.84 Å². The Morgan fingerprint density at radius 2 is 1.57 bits per heavy atom. The molecule has 1 aliphatic rings. The van der Waals surface area contributed by atoms with Crippen molar-refractivity contribution in [2.24, 2.45) is 0 Å². The molecule has 1 saturated heterocycles. The minimum absolute atomic E-state index is 0.0274. The average Bonchev–Trinajstić information content (AvgIpc) is 2.67. The highest BCUT2D eigenvalue weighted by molar-refractivity contribution is 7.90. The van der Waals surface area contributed by atoms with Gasteiger partial charge in [-0.1, -0.05) is 24.3 Å². The van der Waals surface area contributed by atoms with Crippen molar-refractivity contribution in [2.45, 2.75) is 11.8 Å². The fourth-order valence-electron chi connectivity index (χ4n) is 3.17. The highest BCUT2D eigenvalue weighted by Crippen LogP contribution is 2.19. The molecule has 2 aromatic rings. The summed E-state index contributed by atoms with van der Waals surface area (Å²) in [7, 11) is -3.50. The Bertz CT molecular complexity index is 996. The molecule has 0 unspecified atom stereocenters. The fraction of sp³-hybridized carbons (Fsp3) is 0.300. The smallest absolute Gasteiger partial charge is 0.321 e. The van der Waals surface area contributed by atoms with Crippen LogP contribution in [0.2, 0.25) is 0 Å². The first-order chi connectivity index (χ1) is 13.3. The number of sulfone groups is 1. The van der Waals surface area contributed by atoms with Gasteiger partial charge < -0.3 is 15.1 Å². The summed E-state index contributed by atoms with van der Waals surface area (Å²) in [6.45, 7) is 3.40. The first-order valence-electron chi connectivity index (χ1n) is 8.96. The van der Waals surface area contributed by atoms with E-state index in [9.17, 15) is 18.0 Å². The molecule has 0 aromatic heterocycles. The van der Waals surface area contributed by atoms with Crippen molar-refractivity contribution >= 4 is 27.5 Å². The number of benzene rings is 2. The number of carbonyl (C=O) groups is 2. The van der Waals surface area contributed by atoms with Gasteiger partial charge in [0.05, 0.1) is 10.5 Å². The van der Waals surface area contributed by atoms with E-state index in [2.05, 4.69) is 5.32 Å². The Balaban J connectivity index is 1.64. The first-order valence-corrected chi connectivity index (χ1v) is 10.9. The lowest BCUT2D eigenvalue weighted by molar-refractivity contribution is 0.0668. The van der Waals surface area contributed by atoms with Crippen molar-refractivity contribution < 1.29 is 18.0 Å². The standard InChI is InChI=1S/C20H23N3O4S/c1-15-6-5-7-16(14-15)21-20(25)23-12-10-22(11-13-23)19(24)17-8-3-4-9-18(17)28(2,26)27/h3-9,14H,10-13H2,1-2H3,(H,21,25). The number of rotatable bonds is 3. The number of nitrogens with zero attached hydrogens (tertiary/aromatic N) is 2. The number of piperazine rings is 1. The van der Waals surface area contributed by atoms with Gasteiger partial charge in [0, 0.05) is 38.1 Å². The predicted molar refractivity (Wildman–Crippen MR) is 107 cm³/mol. The lowest BCUT2D eigenvalue weighted by Crippen LogP contribution is -2.51. The zero-order valence-electron chi connectivity index (χ0n) is 15.9. The molecule has 0 atom stereocenters. The van der Waals surface area contributed by atoms with Gasteiger partial charge in [-0.15, -0.1) is 0 Å². The first kappa shape index (κ1) is 19.9. The Morgan fingerprint density at radius 1 is 0.929 bits per heavy atom. The van der Waals surface area contributed by atoms with E-state index in [1.165, 1.54) is 12.1 Å². The second-order valence-electron chi connectivity index (χ2n) is 6.85. The molecule has 1 heterocycles. The molecule has 0 saturated carbocycles. The summed E-state index contributed by atoms with van der Waals surface area (Å²) in [6, 6.07) is 13.5. The third-order valence-corrected chi connectivity index (χ3v) is 5.80. The lowest BCUT2D eigenvalue weighted by atomic mass is 10.2. The Kier molecular flexibility index (Phi) is 5.69. The van der Waals surface area contributed by atoms with Crippen LogP contribution in [0.5, 0.6) is 0 Å². The van der Waals surface area contributed by atoms with Crippen molar-refractivity contribution in [3.05, 3.63) is 59.7 Å². The van der Waals surface area contributed by atoms with Gasteiger partial charge in [-0.05, 0) is 36.8 Å². The highest BCUT2D eigenvalue weighted by atomic mass is 32.2. The summed E-state index contributed by atoms with van der Waals surface area (Å²) >= 11 is 0. The summed E-state index contributed by atoms with van der Waals surface area (Å²) in [5, 5.41) is 2.86. The number of urea groups is 1. The van der Waals surface area contributed by atoms with Crippen LogP contribution in [0.3, 0.4) is 0 Å². The number of carbonyl (C=O) groups excluding carboxylic acids is 2. The van der Waals surface area contributed by atoms with Crippen LogP contribution in [-0.4, -0.2) is 62.6 Å². The van der Waals surface area contributed by atoms with E-state index in [1.54, 1.807) is 21.9 Å². The van der Waals surface area contributed by atoms with Gasteiger partial charge in [0.15, 0.2) is 9.84 Å². The Morgan fingerprint density at radius 3 is 2.21 bits per heavy atom. The minimum atomic E-state index is -3.50. The largest absolute Gasteiger partial charge is 0.335 e. The van der Waals surface area contributed by atoms with Gasteiger partial charge in [-0.25, -0.2) is 13.2 Å². The molecule has 1 fully saturated rings. The molecule has 8 heteroatoms. The van der Waals surface area contributed by atoms with Crippen LogP contribution in [0.25, 0.3) is 0 Å². The molecule has 2 aromatic carbocycles. The van der Waals surface area contributed by atoms with E-state index >= 15 is 0 Å². The molecular formula is C20H23N3O4S. The third kappa shape index (κ3) is 4.51. The van der Waals surface area contributed by atoms with Crippen LogP contribution >= 0.6 is 0 Å².